The molecular formula is C44H64N2O3. The zero-order valence-electron chi connectivity index (χ0n) is 31.5. The lowest BCUT2D eigenvalue weighted by atomic mass is 9.32. The first-order valence-corrected chi connectivity index (χ1v) is 19.9. The molecule has 1 aliphatic heterocycles. The third-order valence-electron chi connectivity index (χ3n) is 16.7. The van der Waals surface area contributed by atoms with E-state index >= 15 is 0 Å². The number of carbonyl (C=O) groups is 2. The van der Waals surface area contributed by atoms with Gasteiger partial charge >= 0.3 is 5.97 Å². The largest absolute Gasteiger partial charge is 0.478 e. The van der Waals surface area contributed by atoms with Crippen LogP contribution in [0.3, 0.4) is 0 Å². The van der Waals surface area contributed by atoms with Crippen LogP contribution < -0.4 is 5.32 Å². The van der Waals surface area contributed by atoms with E-state index in [1.54, 1.807) is 12.1 Å². The van der Waals surface area contributed by atoms with Crippen LogP contribution in [0, 0.1) is 56.7 Å². The lowest BCUT2D eigenvalue weighted by molar-refractivity contribution is -0.225. The number of likely N-dealkylation sites (tertiary alicyclic amines) is 1. The third-order valence-corrected chi connectivity index (χ3v) is 16.7. The third kappa shape index (κ3) is 5.32. The molecule has 6 aliphatic rings. The zero-order chi connectivity index (χ0) is 35.0. The minimum atomic E-state index is -0.862. The molecule has 7 rings (SSSR count). The summed E-state index contributed by atoms with van der Waals surface area (Å²) in [6.07, 6.45) is 17.0. The van der Waals surface area contributed by atoms with Gasteiger partial charge in [0, 0.05) is 32.6 Å². The molecule has 0 aromatic heterocycles. The minimum Gasteiger partial charge on any atom is -0.478 e. The van der Waals surface area contributed by atoms with E-state index in [1.807, 2.05) is 12.1 Å². The predicted molar refractivity (Wildman–Crippen MR) is 199 cm³/mol. The van der Waals surface area contributed by atoms with Gasteiger partial charge in [-0.05, 0) is 157 Å². The fourth-order valence-electron chi connectivity index (χ4n) is 14.1. The Hall–Kier alpha value is -2.40. The average molecular weight is 669 g/mol. The molecule has 9 atom stereocenters. The highest BCUT2D eigenvalue weighted by atomic mass is 16.4. The first-order chi connectivity index (χ1) is 23.2. The van der Waals surface area contributed by atoms with Gasteiger partial charge in [-0.15, -0.1) is 0 Å². The van der Waals surface area contributed by atoms with E-state index in [4.69, 9.17) is 0 Å². The van der Waals surface area contributed by atoms with Crippen molar-refractivity contribution in [1.29, 1.82) is 0 Å². The van der Waals surface area contributed by atoms with E-state index in [0.29, 0.717) is 57.8 Å². The van der Waals surface area contributed by atoms with E-state index in [0.717, 1.165) is 51.4 Å². The molecule has 1 saturated heterocycles. The smallest absolute Gasteiger partial charge is 0.335 e. The van der Waals surface area contributed by atoms with Crippen LogP contribution in [-0.4, -0.2) is 48.1 Å². The summed E-state index contributed by atoms with van der Waals surface area (Å²) in [5, 5.41) is 13.4. The van der Waals surface area contributed by atoms with Crippen molar-refractivity contribution in [2.75, 3.05) is 26.2 Å². The van der Waals surface area contributed by atoms with Gasteiger partial charge in [0.05, 0.1) is 5.56 Å². The molecule has 0 radical (unpaired) electrons. The molecule has 1 aromatic rings. The number of hydrogen-bond acceptors (Lipinski definition) is 3. The van der Waals surface area contributed by atoms with Crippen LogP contribution in [0.5, 0.6) is 0 Å². The molecule has 5 heteroatoms. The SMILES string of the molecule is C=C(C)C1CCC2(CNCCC(=O)N3CCCC3)CCC3(C)C(CCC4C5(C)CC=C(c6ccc(C(=O)O)cc6)C(C)(C)C5CCC43C)C12. The number of nitrogens with one attached hydrogen (secondary N) is 1. The maximum Gasteiger partial charge on any atom is 0.335 e. The van der Waals surface area contributed by atoms with Crippen LogP contribution in [-0.2, 0) is 4.79 Å². The summed E-state index contributed by atoms with van der Waals surface area (Å²) in [7, 11) is 0. The summed E-state index contributed by atoms with van der Waals surface area (Å²) in [4.78, 5) is 26.4. The average Bonchev–Trinajstić information content (AvgIpc) is 3.73. The Bertz CT molecular complexity index is 1500. The molecule has 49 heavy (non-hydrogen) atoms. The van der Waals surface area contributed by atoms with E-state index in [-0.39, 0.29) is 10.8 Å². The predicted octanol–water partition coefficient (Wildman–Crippen LogP) is 9.64. The summed E-state index contributed by atoms with van der Waals surface area (Å²) in [6, 6.07) is 7.62. The molecule has 2 N–H and O–H groups in total. The van der Waals surface area contributed by atoms with Crippen molar-refractivity contribution < 1.29 is 14.7 Å². The number of hydrogen-bond donors (Lipinski definition) is 2. The van der Waals surface area contributed by atoms with Gasteiger partial charge in [0.1, 0.15) is 0 Å². The molecule has 1 amide bonds. The van der Waals surface area contributed by atoms with Crippen molar-refractivity contribution in [3.8, 4) is 0 Å². The Labute approximate surface area is 296 Å². The molecule has 5 aliphatic carbocycles. The number of carbonyl (C=O) groups excluding carboxylic acids is 1. The number of amides is 1. The van der Waals surface area contributed by atoms with E-state index in [1.165, 1.54) is 68.1 Å². The fourth-order valence-corrected chi connectivity index (χ4v) is 14.1. The van der Waals surface area contributed by atoms with Crippen LogP contribution >= 0.6 is 0 Å². The Morgan fingerprint density at radius 2 is 1.61 bits per heavy atom. The summed E-state index contributed by atoms with van der Waals surface area (Å²) in [5.74, 6) is 2.77. The first-order valence-electron chi connectivity index (χ1n) is 19.9. The Balaban J connectivity index is 1.13. The van der Waals surface area contributed by atoms with Crippen LogP contribution in [0.15, 0.2) is 42.5 Å². The van der Waals surface area contributed by atoms with Crippen LogP contribution in [0.1, 0.15) is 135 Å². The van der Waals surface area contributed by atoms with Gasteiger partial charge in [0.2, 0.25) is 5.91 Å². The molecular weight excluding hydrogens is 604 g/mol. The van der Waals surface area contributed by atoms with E-state index in [9.17, 15) is 14.7 Å². The standard InChI is InChI=1S/C44H64N2O3/c1-29(2)32-16-22-44(28-45-25-19-37(47)46-26-8-9-27-46)24-23-42(6)34(38(32)44)14-15-36-41(5)20-17-33(30-10-12-31(13-11-30)39(48)49)40(3,4)35(41)18-21-43(36,42)7/h10-13,17,32,34-36,38,45H,1,8-9,14-16,18-28H2,2-7H3,(H,48,49). The maximum absolute atomic E-state index is 12.8. The highest BCUT2D eigenvalue weighted by Crippen LogP contribution is 2.77. The van der Waals surface area contributed by atoms with Gasteiger partial charge in [0.25, 0.3) is 0 Å². The molecule has 9 unspecified atom stereocenters. The number of rotatable bonds is 8. The molecule has 268 valence electrons. The van der Waals surface area contributed by atoms with Gasteiger partial charge in [-0.25, -0.2) is 4.79 Å². The second-order valence-corrected chi connectivity index (χ2v) is 19.0. The molecule has 1 aromatic carbocycles. The Kier molecular flexibility index (Phi) is 8.85. The highest BCUT2D eigenvalue weighted by molar-refractivity contribution is 5.88. The summed E-state index contributed by atoms with van der Waals surface area (Å²) >= 11 is 0. The van der Waals surface area contributed by atoms with Crippen molar-refractivity contribution in [3.63, 3.8) is 0 Å². The Morgan fingerprint density at radius 3 is 2.29 bits per heavy atom. The summed E-state index contributed by atoms with van der Waals surface area (Å²) in [5.41, 5.74) is 5.54. The summed E-state index contributed by atoms with van der Waals surface area (Å²) < 4.78 is 0. The van der Waals surface area contributed by atoms with Gasteiger partial charge < -0.3 is 15.3 Å². The summed E-state index contributed by atoms with van der Waals surface area (Å²) in [6.45, 7) is 23.7. The van der Waals surface area contributed by atoms with E-state index < -0.39 is 5.97 Å². The molecule has 0 spiro atoms. The van der Waals surface area contributed by atoms with Crippen molar-refractivity contribution >= 4 is 17.4 Å². The molecule has 1 heterocycles. The molecule has 4 saturated carbocycles. The highest BCUT2D eigenvalue weighted by Gasteiger charge is 2.70. The second kappa shape index (κ2) is 12.4. The second-order valence-electron chi connectivity index (χ2n) is 19.0. The number of fused-ring (bicyclic) bond motifs is 7. The van der Waals surface area contributed by atoms with Crippen LogP contribution in [0.4, 0.5) is 0 Å². The van der Waals surface area contributed by atoms with Gasteiger partial charge in [-0.1, -0.05) is 65.0 Å². The molecule has 0 bridgehead atoms. The number of nitrogens with zero attached hydrogens (tertiary/aromatic N) is 1. The topological polar surface area (TPSA) is 69.6 Å². The van der Waals surface area contributed by atoms with E-state index in [2.05, 4.69) is 64.4 Å². The van der Waals surface area contributed by atoms with Crippen molar-refractivity contribution in [1.82, 2.24) is 10.2 Å². The van der Waals surface area contributed by atoms with Gasteiger partial charge in [-0.3, -0.25) is 4.79 Å². The van der Waals surface area contributed by atoms with Crippen molar-refractivity contribution in [2.45, 2.75) is 119 Å². The number of allylic oxidation sites excluding steroid dienone is 3. The zero-order valence-corrected chi connectivity index (χ0v) is 31.5. The van der Waals surface area contributed by atoms with Crippen molar-refractivity contribution in [2.24, 2.45) is 56.7 Å². The first kappa shape index (κ1) is 35.0. The normalized spacial score (nSPS) is 40.8. The molecule has 5 fully saturated rings. The fraction of sp³-hybridized carbons (Fsp3) is 0.727. The number of carboxylic acids is 1. The van der Waals surface area contributed by atoms with Crippen molar-refractivity contribution in [3.05, 3.63) is 53.6 Å². The monoisotopic (exact) mass is 668 g/mol. The van der Waals surface area contributed by atoms with Crippen LogP contribution in [0.2, 0.25) is 0 Å². The Morgan fingerprint density at radius 1 is 0.898 bits per heavy atom. The lowest BCUT2D eigenvalue weighted by Crippen LogP contribution is -2.65. The maximum atomic E-state index is 12.8. The molecule has 5 nitrogen and oxygen atoms in total. The van der Waals surface area contributed by atoms with Crippen LogP contribution in [0.25, 0.3) is 5.57 Å². The number of benzene rings is 1. The number of carboxylic acid groups (broad SMARTS) is 1. The van der Waals surface area contributed by atoms with Gasteiger partial charge in [-0.2, -0.15) is 0 Å². The van der Waals surface area contributed by atoms with Gasteiger partial charge in [0.15, 0.2) is 0 Å². The lowest BCUT2D eigenvalue weighted by Gasteiger charge is -2.72. The quantitative estimate of drug-likeness (QED) is 0.214. The minimum absolute atomic E-state index is 0.0247. The number of aromatic carboxylic acids is 1.